The molecule has 0 radical (unpaired) electrons. The van der Waals surface area contributed by atoms with Crippen LogP contribution in [0.5, 0.6) is 0 Å². The molecule has 5 rings (SSSR count). The normalized spacial score (nSPS) is 22.4. The van der Waals surface area contributed by atoms with E-state index in [9.17, 15) is 9.59 Å². The highest BCUT2D eigenvalue weighted by molar-refractivity contribution is 6.08. The quantitative estimate of drug-likeness (QED) is 0.725. The third kappa shape index (κ3) is 2.60. The van der Waals surface area contributed by atoms with Crippen molar-refractivity contribution in [1.29, 1.82) is 0 Å². The second kappa shape index (κ2) is 7.13. The van der Waals surface area contributed by atoms with Crippen molar-refractivity contribution >= 4 is 17.5 Å². The molecule has 2 aliphatic heterocycles. The number of rotatable bonds is 4. The fourth-order valence-corrected chi connectivity index (χ4v) is 5.14. The molecule has 0 unspecified atom stereocenters. The number of anilines is 1. The number of aromatic nitrogens is 2. The first-order valence-corrected chi connectivity index (χ1v) is 10.5. The standard InChI is InChI=1S/C24H24N4O2/c1-2-8-21-24(18-10-4-5-11-19(18)26-23(24)30)13-16-27(21)22(29)17-9-3-6-12-20(17)28-15-7-14-25-28/h3-7,9-12,14-15,21H,2,8,13,16H2,1H3,(H,26,30)/t21-,24+/m0/s1. The molecule has 2 atom stereocenters. The van der Waals surface area contributed by atoms with E-state index in [0.717, 1.165) is 29.8 Å². The van der Waals surface area contributed by atoms with Crippen LogP contribution in [0.2, 0.25) is 0 Å². The molecule has 2 aliphatic rings. The maximum absolute atomic E-state index is 13.8. The van der Waals surface area contributed by atoms with Gasteiger partial charge in [0.25, 0.3) is 5.91 Å². The Balaban J connectivity index is 1.57. The van der Waals surface area contributed by atoms with Gasteiger partial charge in [-0.05, 0) is 42.7 Å². The van der Waals surface area contributed by atoms with Crippen molar-refractivity contribution in [3.63, 3.8) is 0 Å². The largest absolute Gasteiger partial charge is 0.334 e. The number of hydrogen-bond acceptors (Lipinski definition) is 3. The van der Waals surface area contributed by atoms with Crippen LogP contribution in [0.3, 0.4) is 0 Å². The summed E-state index contributed by atoms with van der Waals surface area (Å²) in [6, 6.07) is 17.1. The third-order valence-electron chi connectivity index (χ3n) is 6.46. The molecule has 1 spiro atoms. The fourth-order valence-electron chi connectivity index (χ4n) is 5.14. The predicted octanol–water partition coefficient (Wildman–Crippen LogP) is 3.78. The molecular weight excluding hydrogens is 376 g/mol. The molecule has 0 bridgehead atoms. The summed E-state index contributed by atoms with van der Waals surface area (Å²) >= 11 is 0. The first kappa shape index (κ1) is 18.6. The van der Waals surface area contributed by atoms with E-state index in [2.05, 4.69) is 17.3 Å². The summed E-state index contributed by atoms with van der Waals surface area (Å²) in [6.45, 7) is 2.66. The fraction of sp³-hybridized carbons (Fsp3) is 0.292. The lowest BCUT2D eigenvalue weighted by Gasteiger charge is -2.34. The van der Waals surface area contributed by atoms with Gasteiger partial charge in [-0.2, -0.15) is 5.10 Å². The van der Waals surface area contributed by atoms with E-state index in [1.54, 1.807) is 10.9 Å². The Morgan fingerprint density at radius 2 is 1.97 bits per heavy atom. The smallest absolute Gasteiger partial charge is 0.256 e. The summed E-state index contributed by atoms with van der Waals surface area (Å²) in [5, 5.41) is 7.37. The lowest BCUT2D eigenvalue weighted by molar-refractivity contribution is -0.121. The topological polar surface area (TPSA) is 67.2 Å². The summed E-state index contributed by atoms with van der Waals surface area (Å²) in [6.07, 6.45) is 5.84. The summed E-state index contributed by atoms with van der Waals surface area (Å²) < 4.78 is 1.71. The van der Waals surface area contributed by atoms with Crippen molar-refractivity contribution in [2.24, 2.45) is 0 Å². The molecule has 3 heterocycles. The minimum atomic E-state index is -0.678. The highest BCUT2D eigenvalue weighted by Gasteiger charge is 2.58. The van der Waals surface area contributed by atoms with Crippen LogP contribution in [0, 0.1) is 0 Å². The van der Waals surface area contributed by atoms with Crippen molar-refractivity contribution in [3.8, 4) is 5.69 Å². The number of hydrogen-bond donors (Lipinski definition) is 1. The number of carbonyl (C=O) groups is 2. The molecule has 0 saturated carbocycles. The molecular formula is C24H24N4O2. The monoisotopic (exact) mass is 400 g/mol. The lowest BCUT2D eigenvalue weighted by atomic mass is 9.73. The van der Waals surface area contributed by atoms with Crippen LogP contribution in [-0.2, 0) is 10.2 Å². The van der Waals surface area contributed by atoms with Gasteiger partial charge in [0.05, 0.1) is 22.7 Å². The number of likely N-dealkylation sites (tertiary alicyclic amines) is 1. The van der Waals surface area contributed by atoms with E-state index in [4.69, 9.17) is 0 Å². The van der Waals surface area contributed by atoms with Crippen molar-refractivity contribution in [1.82, 2.24) is 14.7 Å². The first-order valence-electron chi connectivity index (χ1n) is 10.5. The van der Waals surface area contributed by atoms with Gasteiger partial charge in [0, 0.05) is 24.6 Å². The molecule has 3 aromatic rings. The molecule has 1 aromatic heterocycles. The van der Waals surface area contributed by atoms with Gasteiger partial charge >= 0.3 is 0 Å². The van der Waals surface area contributed by atoms with Gasteiger partial charge in [0.1, 0.15) is 0 Å². The summed E-state index contributed by atoms with van der Waals surface area (Å²) in [4.78, 5) is 28.9. The van der Waals surface area contributed by atoms with E-state index in [-0.39, 0.29) is 17.9 Å². The Morgan fingerprint density at radius 1 is 1.17 bits per heavy atom. The zero-order valence-electron chi connectivity index (χ0n) is 16.9. The van der Waals surface area contributed by atoms with Gasteiger partial charge in [0.15, 0.2) is 0 Å². The molecule has 1 fully saturated rings. The SMILES string of the molecule is CCC[C@@H]1N(C(=O)c2ccccc2-n2cccn2)CC[C@]12C(=O)Nc1ccccc12. The van der Waals surface area contributed by atoms with Gasteiger partial charge in [-0.15, -0.1) is 0 Å². The van der Waals surface area contributed by atoms with E-state index in [1.165, 1.54) is 0 Å². The van der Waals surface area contributed by atoms with Gasteiger partial charge in [-0.3, -0.25) is 9.59 Å². The van der Waals surface area contributed by atoms with E-state index in [1.807, 2.05) is 65.7 Å². The zero-order valence-corrected chi connectivity index (χ0v) is 16.9. The first-order chi connectivity index (χ1) is 14.7. The van der Waals surface area contributed by atoms with Crippen LogP contribution >= 0.6 is 0 Å². The molecule has 152 valence electrons. The van der Waals surface area contributed by atoms with E-state index >= 15 is 0 Å². The second-order valence-electron chi connectivity index (χ2n) is 7.99. The Labute approximate surface area is 175 Å². The predicted molar refractivity (Wildman–Crippen MR) is 115 cm³/mol. The molecule has 1 N–H and O–H groups in total. The number of fused-ring (bicyclic) bond motifs is 2. The average molecular weight is 400 g/mol. The van der Waals surface area contributed by atoms with Gasteiger partial charge in [-0.1, -0.05) is 43.7 Å². The molecule has 1 saturated heterocycles. The van der Waals surface area contributed by atoms with Gasteiger partial charge in [-0.25, -0.2) is 4.68 Å². The lowest BCUT2D eigenvalue weighted by Crippen LogP contribution is -2.48. The molecule has 2 amide bonds. The summed E-state index contributed by atoms with van der Waals surface area (Å²) in [5.74, 6) is -0.0357. The Morgan fingerprint density at radius 3 is 2.77 bits per heavy atom. The highest BCUT2D eigenvalue weighted by atomic mass is 16.2. The van der Waals surface area contributed by atoms with Gasteiger partial charge in [0.2, 0.25) is 5.91 Å². The summed E-state index contributed by atoms with van der Waals surface area (Å²) in [7, 11) is 0. The van der Waals surface area contributed by atoms with Crippen molar-refractivity contribution in [2.75, 3.05) is 11.9 Å². The van der Waals surface area contributed by atoms with E-state index < -0.39 is 5.41 Å². The van der Waals surface area contributed by atoms with Crippen LogP contribution in [0.25, 0.3) is 5.69 Å². The maximum Gasteiger partial charge on any atom is 0.256 e. The second-order valence-corrected chi connectivity index (χ2v) is 7.99. The zero-order chi connectivity index (χ0) is 20.7. The number of nitrogens with one attached hydrogen (secondary N) is 1. The van der Waals surface area contributed by atoms with Gasteiger partial charge < -0.3 is 10.2 Å². The van der Waals surface area contributed by atoms with Crippen molar-refractivity contribution in [3.05, 3.63) is 78.1 Å². The Hall–Kier alpha value is -3.41. The minimum Gasteiger partial charge on any atom is -0.334 e. The number of para-hydroxylation sites is 2. The molecule has 2 aromatic carbocycles. The number of nitrogens with zero attached hydrogens (tertiary/aromatic N) is 3. The number of carbonyl (C=O) groups excluding carboxylic acids is 2. The Bertz CT molecular complexity index is 1110. The molecule has 0 aliphatic carbocycles. The number of benzene rings is 2. The maximum atomic E-state index is 13.8. The number of amides is 2. The highest BCUT2D eigenvalue weighted by Crippen LogP contribution is 2.49. The van der Waals surface area contributed by atoms with Crippen LogP contribution < -0.4 is 5.32 Å². The third-order valence-corrected chi connectivity index (χ3v) is 6.46. The Kier molecular flexibility index (Phi) is 4.42. The minimum absolute atomic E-state index is 0.0119. The van der Waals surface area contributed by atoms with Crippen molar-refractivity contribution in [2.45, 2.75) is 37.6 Å². The molecule has 6 nitrogen and oxygen atoms in total. The summed E-state index contributed by atoms with van der Waals surface area (Å²) in [5.41, 5.74) is 2.56. The van der Waals surface area contributed by atoms with Crippen LogP contribution in [-0.4, -0.2) is 39.1 Å². The van der Waals surface area contributed by atoms with E-state index in [0.29, 0.717) is 18.5 Å². The molecule has 30 heavy (non-hydrogen) atoms. The van der Waals surface area contributed by atoms with Crippen LogP contribution in [0.15, 0.2) is 67.0 Å². The van der Waals surface area contributed by atoms with Crippen molar-refractivity contribution < 1.29 is 9.59 Å². The van der Waals surface area contributed by atoms with Crippen LogP contribution in [0.4, 0.5) is 5.69 Å². The average Bonchev–Trinajstić information content (AvgIpc) is 3.49. The van der Waals surface area contributed by atoms with Crippen LogP contribution in [0.1, 0.15) is 42.1 Å². The molecule has 6 heteroatoms.